The Morgan fingerprint density at radius 3 is 2.61 bits per heavy atom. The quantitative estimate of drug-likeness (QED) is 0.754. The Bertz CT molecular complexity index is 623. The summed E-state index contributed by atoms with van der Waals surface area (Å²) in [6.07, 6.45) is 0.816. The van der Waals surface area contributed by atoms with Gasteiger partial charge in [-0.25, -0.2) is 0 Å². The molecule has 0 saturated carbocycles. The molecule has 0 unspecified atom stereocenters. The molecule has 0 aliphatic heterocycles. The standard InChI is InChI=1S/C17H19NO4S/c1-21-14-6-4-13(5-7-14)9-11-22-16(19)8-10-18-17(20)15-3-2-12-23-15/h2-7,12H,8-11H2,1H3,(H,18,20). The van der Waals surface area contributed by atoms with Crippen LogP contribution >= 0.6 is 11.3 Å². The zero-order valence-electron chi connectivity index (χ0n) is 12.9. The first-order valence-corrected chi connectivity index (χ1v) is 8.17. The average Bonchev–Trinajstić information content (AvgIpc) is 3.10. The van der Waals surface area contributed by atoms with E-state index < -0.39 is 0 Å². The minimum absolute atomic E-state index is 0.161. The molecular weight excluding hydrogens is 314 g/mol. The molecule has 23 heavy (non-hydrogen) atoms. The van der Waals surface area contributed by atoms with Crippen LogP contribution in [0.25, 0.3) is 0 Å². The van der Waals surface area contributed by atoms with Crippen LogP contribution in [0.4, 0.5) is 0 Å². The fourth-order valence-electron chi connectivity index (χ4n) is 1.92. The number of ether oxygens (including phenoxy) is 2. The number of nitrogens with one attached hydrogen (secondary N) is 1. The second-order valence-corrected chi connectivity index (χ2v) is 5.75. The van der Waals surface area contributed by atoms with E-state index in [1.165, 1.54) is 11.3 Å². The van der Waals surface area contributed by atoms with Crippen molar-refractivity contribution in [2.24, 2.45) is 0 Å². The molecule has 0 aliphatic rings. The molecule has 0 spiro atoms. The molecule has 5 nitrogen and oxygen atoms in total. The molecule has 1 N–H and O–H groups in total. The third-order valence-electron chi connectivity index (χ3n) is 3.17. The van der Waals surface area contributed by atoms with Gasteiger partial charge >= 0.3 is 5.97 Å². The van der Waals surface area contributed by atoms with Gasteiger partial charge in [0.1, 0.15) is 5.75 Å². The zero-order valence-corrected chi connectivity index (χ0v) is 13.7. The molecule has 6 heteroatoms. The highest BCUT2D eigenvalue weighted by Crippen LogP contribution is 2.11. The fraction of sp³-hybridized carbons (Fsp3) is 0.294. The lowest BCUT2D eigenvalue weighted by Gasteiger charge is -2.06. The molecular formula is C17H19NO4S. The summed E-state index contributed by atoms with van der Waals surface area (Å²) >= 11 is 1.37. The van der Waals surface area contributed by atoms with Gasteiger partial charge in [-0.2, -0.15) is 0 Å². The molecule has 1 aromatic heterocycles. The van der Waals surface area contributed by atoms with Crippen LogP contribution < -0.4 is 10.1 Å². The summed E-state index contributed by atoms with van der Waals surface area (Å²) in [7, 11) is 1.62. The molecule has 1 amide bonds. The monoisotopic (exact) mass is 333 g/mol. The lowest BCUT2D eigenvalue weighted by molar-refractivity contribution is -0.143. The van der Waals surface area contributed by atoms with E-state index in [4.69, 9.17) is 9.47 Å². The lowest BCUT2D eigenvalue weighted by atomic mass is 10.1. The Balaban J connectivity index is 1.60. The topological polar surface area (TPSA) is 64.6 Å². The number of carbonyl (C=O) groups excluding carboxylic acids is 2. The van der Waals surface area contributed by atoms with Gasteiger partial charge in [0.25, 0.3) is 5.91 Å². The van der Waals surface area contributed by atoms with E-state index in [1.54, 1.807) is 13.2 Å². The second-order valence-electron chi connectivity index (χ2n) is 4.80. The molecule has 0 radical (unpaired) electrons. The van der Waals surface area contributed by atoms with Gasteiger partial charge in [-0.3, -0.25) is 9.59 Å². The minimum Gasteiger partial charge on any atom is -0.497 e. The van der Waals surface area contributed by atoms with Crippen LogP contribution in [0.15, 0.2) is 41.8 Å². The third kappa shape index (κ3) is 5.75. The molecule has 0 saturated heterocycles. The molecule has 1 aromatic carbocycles. The first-order valence-electron chi connectivity index (χ1n) is 7.29. The normalized spacial score (nSPS) is 10.1. The molecule has 1 heterocycles. The highest BCUT2D eigenvalue weighted by molar-refractivity contribution is 7.12. The average molecular weight is 333 g/mol. The maximum Gasteiger partial charge on any atom is 0.307 e. The van der Waals surface area contributed by atoms with Gasteiger partial charge in [-0.15, -0.1) is 11.3 Å². The highest BCUT2D eigenvalue weighted by Gasteiger charge is 2.08. The van der Waals surface area contributed by atoms with Crippen LogP contribution in [-0.2, 0) is 16.0 Å². The summed E-state index contributed by atoms with van der Waals surface area (Å²) in [6.45, 7) is 0.599. The van der Waals surface area contributed by atoms with Crippen LogP contribution in [0.5, 0.6) is 5.75 Å². The van der Waals surface area contributed by atoms with Crippen molar-refractivity contribution in [2.75, 3.05) is 20.3 Å². The Morgan fingerprint density at radius 2 is 1.96 bits per heavy atom. The highest BCUT2D eigenvalue weighted by atomic mass is 32.1. The van der Waals surface area contributed by atoms with E-state index in [0.717, 1.165) is 11.3 Å². The van der Waals surface area contributed by atoms with E-state index in [0.29, 0.717) is 17.9 Å². The summed E-state index contributed by atoms with van der Waals surface area (Å²) < 4.78 is 10.2. The van der Waals surface area contributed by atoms with Crippen molar-refractivity contribution in [3.05, 3.63) is 52.2 Å². The maximum atomic E-state index is 11.7. The second kappa shape index (κ2) is 8.95. The van der Waals surface area contributed by atoms with E-state index in [1.807, 2.05) is 35.7 Å². The summed E-state index contributed by atoms with van der Waals surface area (Å²) in [5.41, 5.74) is 1.07. The fourth-order valence-corrected chi connectivity index (χ4v) is 2.56. The number of carbonyl (C=O) groups is 2. The number of esters is 1. The van der Waals surface area contributed by atoms with Crippen molar-refractivity contribution < 1.29 is 19.1 Å². The molecule has 2 rings (SSSR count). The Kier molecular flexibility index (Phi) is 6.62. The predicted octanol–water partition coefficient (Wildman–Crippen LogP) is 2.66. The van der Waals surface area contributed by atoms with E-state index in [9.17, 15) is 9.59 Å². The molecule has 0 atom stereocenters. The van der Waals surface area contributed by atoms with Crippen LogP contribution in [0, 0.1) is 0 Å². The van der Waals surface area contributed by atoms with Crippen molar-refractivity contribution in [3.63, 3.8) is 0 Å². The van der Waals surface area contributed by atoms with E-state index in [2.05, 4.69) is 5.32 Å². The first kappa shape index (κ1) is 17.0. The van der Waals surface area contributed by atoms with Crippen LogP contribution in [0.2, 0.25) is 0 Å². The number of hydrogen-bond acceptors (Lipinski definition) is 5. The number of thiophene rings is 1. The number of methoxy groups -OCH3 is 1. The van der Waals surface area contributed by atoms with Crippen LogP contribution in [0.3, 0.4) is 0 Å². The molecule has 0 aliphatic carbocycles. The Hall–Kier alpha value is -2.34. The first-order chi connectivity index (χ1) is 11.2. The molecule has 0 fully saturated rings. The van der Waals surface area contributed by atoms with E-state index >= 15 is 0 Å². The predicted molar refractivity (Wildman–Crippen MR) is 88.9 cm³/mol. The van der Waals surface area contributed by atoms with Crippen molar-refractivity contribution in [2.45, 2.75) is 12.8 Å². The number of amides is 1. The number of hydrogen-bond donors (Lipinski definition) is 1. The Labute approximate surface area is 139 Å². The van der Waals surface area contributed by atoms with Crippen LogP contribution in [-0.4, -0.2) is 32.1 Å². The minimum atomic E-state index is -0.315. The van der Waals surface area contributed by atoms with Gasteiger partial charge in [0.15, 0.2) is 0 Å². The van der Waals surface area contributed by atoms with Crippen molar-refractivity contribution in [1.29, 1.82) is 0 Å². The summed E-state index contributed by atoms with van der Waals surface area (Å²) in [6, 6.07) is 11.2. The Morgan fingerprint density at radius 1 is 1.17 bits per heavy atom. The third-order valence-corrected chi connectivity index (χ3v) is 4.04. The largest absolute Gasteiger partial charge is 0.497 e. The number of benzene rings is 1. The van der Waals surface area contributed by atoms with Crippen LogP contribution in [0.1, 0.15) is 21.7 Å². The molecule has 122 valence electrons. The lowest BCUT2D eigenvalue weighted by Crippen LogP contribution is -2.26. The van der Waals surface area contributed by atoms with Gasteiger partial charge in [-0.1, -0.05) is 18.2 Å². The van der Waals surface area contributed by atoms with Gasteiger partial charge in [0.2, 0.25) is 0 Å². The summed E-state index contributed by atoms with van der Waals surface area (Å²) in [4.78, 5) is 23.9. The van der Waals surface area contributed by atoms with Gasteiger partial charge in [0, 0.05) is 13.0 Å². The molecule has 0 bridgehead atoms. The SMILES string of the molecule is COc1ccc(CCOC(=O)CCNC(=O)c2cccs2)cc1. The van der Waals surface area contributed by atoms with Gasteiger partial charge in [-0.05, 0) is 29.1 Å². The smallest absolute Gasteiger partial charge is 0.307 e. The summed E-state index contributed by atoms with van der Waals surface area (Å²) in [5.74, 6) is 0.322. The number of rotatable bonds is 8. The summed E-state index contributed by atoms with van der Waals surface area (Å²) in [5, 5.41) is 4.53. The van der Waals surface area contributed by atoms with Crippen molar-refractivity contribution >= 4 is 23.2 Å². The van der Waals surface area contributed by atoms with Gasteiger partial charge < -0.3 is 14.8 Å². The molecule has 2 aromatic rings. The van der Waals surface area contributed by atoms with Crippen molar-refractivity contribution in [1.82, 2.24) is 5.32 Å². The van der Waals surface area contributed by atoms with E-state index in [-0.39, 0.29) is 24.8 Å². The van der Waals surface area contributed by atoms with Crippen molar-refractivity contribution in [3.8, 4) is 5.75 Å². The van der Waals surface area contributed by atoms with Gasteiger partial charge in [0.05, 0.1) is 25.0 Å². The zero-order chi connectivity index (χ0) is 16.5. The maximum absolute atomic E-state index is 11.7.